The zero-order valence-corrected chi connectivity index (χ0v) is 30.1. The van der Waals surface area contributed by atoms with E-state index in [2.05, 4.69) is 67.7 Å². The molecule has 0 atom stereocenters. The quantitative estimate of drug-likeness (QED) is 0.263. The third-order valence-corrected chi connectivity index (χ3v) is 17.7. The van der Waals surface area contributed by atoms with E-state index in [9.17, 15) is 4.79 Å². The van der Waals surface area contributed by atoms with Crippen molar-refractivity contribution >= 4 is 28.0 Å². The van der Waals surface area contributed by atoms with E-state index in [0.717, 1.165) is 22.3 Å². The summed E-state index contributed by atoms with van der Waals surface area (Å²) in [4.78, 5) is 13.2. The molecule has 0 radical (unpaired) electrons. The van der Waals surface area contributed by atoms with Gasteiger partial charge in [0.2, 0.25) is 11.5 Å². The van der Waals surface area contributed by atoms with E-state index in [4.69, 9.17) is 27.8 Å². The molecule has 9 heteroatoms. The first kappa shape index (κ1) is 33.6. The average Bonchev–Trinajstić information content (AvgIpc) is 3.04. The van der Waals surface area contributed by atoms with Crippen molar-refractivity contribution in [1.29, 1.82) is 0 Å². The Labute approximate surface area is 254 Å². The third-order valence-electron chi connectivity index (χ3n) is 9.03. The van der Waals surface area contributed by atoms with Gasteiger partial charge in [-0.1, -0.05) is 41.5 Å². The Kier molecular flexibility index (Phi) is 9.59. The summed E-state index contributed by atoms with van der Waals surface area (Å²) >= 11 is 0. The van der Waals surface area contributed by atoms with Gasteiger partial charge < -0.3 is 27.8 Å². The zero-order valence-electron chi connectivity index (χ0n) is 28.1. The van der Waals surface area contributed by atoms with Gasteiger partial charge in [0.1, 0.15) is 0 Å². The predicted molar refractivity (Wildman–Crippen MR) is 175 cm³/mol. The molecule has 3 rings (SSSR count). The molecule has 7 nitrogen and oxygen atoms in total. The number of rotatable bonds is 9. The molecule has 0 unspecified atom stereocenters. The minimum Gasteiger partial charge on any atom is -0.541 e. The summed E-state index contributed by atoms with van der Waals surface area (Å²) in [6.07, 6.45) is 2.57. The van der Waals surface area contributed by atoms with Crippen molar-refractivity contribution in [3.8, 4) is 34.5 Å². The summed E-state index contributed by atoms with van der Waals surface area (Å²) in [5.41, 5.74) is 3.28. The molecule has 0 aliphatic heterocycles. The van der Waals surface area contributed by atoms with Crippen LogP contribution in [-0.4, -0.2) is 50.9 Å². The van der Waals surface area contributed by atoms with Crippen LogP contribution in [0.5, 0.6) is 34.5 Å². The van der Waals surface area contributed by atoms with Gasteiger partial charge in [0.15, 0.2) is 28.8 Å². The number of allylic oxidation sites excluding steroid dienone is 1. The van der Waals surface area contributed by atoms with Crippen LogP contribution in [0.15, 0.2) is 24.3 Å². The average molecular weight is 615 g/mol. The maximum atomic E-state index is 13.2. The Morgan fingerprint density at radius 3 is 1.50 bits per heavy atom. The fraction of sp³-hybridized carbons (Fsp3) is 0.545. The van der Waals surface area contributed by atoms with Gasteiger partial charge >= 0.3 is 0 Å². The SMILES string of the molecule is COc1cc2c(c(OC)c1OC)CCC(=O)C=C2c1cc(O[Si](C)(C)C(C)(C)C)c(OC)c(O[Si](C)(C)C(C)(C)C)c1. The van der Waals surface area contributed by atoms with Gasteiger partial charge in [0, 0.05) is 12.0 Å². The molecule has 1 aliphatic rings. The van der Waals surface area contributed by atoms with Crippen molar-refractivity contribution in [3.05, 3.63) is 41.0 Å². The Bertz CT molecular complexity index is 1310. The van der Waals surface area contributed by atoms with Crippen molar-refractivity contribution in [2.24, 2.45) is 0 Å². The van der Waals surface area contributed by atoms with E-state index < -0.39 is 16.6 Å². The highest BCUT2D eigenvalue weighted by molar-refractivity contribution is 6.75. The van der Waals surface area contributed by atoms with E-state index in [0.29, 0.717) is 47.3 Å². The summed E-state index contributed by atoms with van der Waals surface area (Å²) in [7, 11) is 1.87. The Morgan fingerprint density at radius 2 is 1.10 bits per heavy atom. The minimum atomic E-state index is -2.29. The first-order chi connectivity index (χ1) is 19.3. The number of ether oxygens (including phenoxy) is 4. The number of hydrogen-bond acceptors (Lipinski definition) is 7. The summed E-state index contributed by atoms with van der Waals surface area (Å²) in [6, 6.07) is 5.89. The fourth-order valence-electron chi connectivity index (χ4n) is 4.44. The molecule has 232 valence electrons. The monoisotopic (exact) mass is 614 g/mol. The zero-order chi connectivity index (χ0) is 31.8. The van der Waals surface area contributed by atoms with Crippen LogP contribution >= 0.6 is 0 Å². The predicted octanol–water partition coefficient (Wildman–Crippen LogP) is 8.44. The lowest BCUT2D eigenvalue weighted by Crippen LogP contribution is -2.44. The summed E-state index contributed by atoms with van der Waals surface area (Å²) in [6.45, 7) is 22.1. The van der Waals surface area contributed by atoms with Crippen LogP contribution in [0.4, 0.5) is 0 Å². The molecular formula is C33H50O7Si2. The maximum absolute atomic E-state index is 13.2. The first-order valence-corrected chi connectivity index (χ1v) is 20.3. The van der Waals surface area contributed by atoms with E-state index >= 15 is 0 Å². The lowest BCUT2D eigenvalue weighted by atomic mass is 9.92. The van der Waals surface area contributed by atoms with Gasteiger partial charge in [0.05, 0.1) is 28.4 Å². The molecule has 0 N–H and O–H groups in total. The highest BCUT2D eigenvalue weighted by Crippen LogP contribution is 2.51. The third kappa shape index (κ3) is 6.52. The summed E-state index contributed by atoms with van der Waals surface area (Å²) in [5, 5.41) is -0.0915. The summed E-state index contributed by atoms with van der Waals surface area (Å²) < 4.78 is 37.0. The second kappa shape index (κ2) is 12.0. The van der Waals surface area contributed by atoms with Gasteiger partial charge in [-0.2, -0.15) is 0 Å². The molecule has 0 bridgehead atoms. The second-order valence-corrected chi connectivity index (χ2v) is 23.4. The minimum absolute atomic E-state index is 0.0238. The van der Waals surface area contributed by atoms with Gasteiger partial charge in [0.25, 0.3) is 16.6 Å². The molecule has 2 aromatic rings. The lowest BCUT2D eigenvalue weighted by Gasteiger charge is -2.39. The number of methoxy groups -OCH3 is 4. The van der Waals surface area contributed by atoms with Gasteiger partial charge in [-0.15, -0.1) is 0 Å². The van der Waals surface area contributed by atoms with Gasteiger partial charge in [-0.3, -0.25) is 4.79 Å². The van der Waals surface area contributed by atoms with E-state index in [1.165, 1.54) is 0 Å². The van der Waals surface area contributed by atoms with Crippen molar-refractivity contribution in [1.82, 2.24) is 0 Å². The highest BCUT2D eigenvalue weighted by atomic mass is 28.4. The van der Waals surface area contributed by atoms with Crippen LogP contribution in [-0.2, 0) is 11.2 Å². The molecule has 42 heavy (non-hydrogen) atoms. The number of fused-ring (bicyclic) bond motifs is 1. The molecule has 0 saturated carbocycles. The molecule has 0 spiro atoms. The van der Waals surface area contributed by atoms with Crippen LogP contribution in [0.2, 0.25) is 36.3 Å². The number of carbonyl (C=O) groups excluding carboxylic acids is 1. The molecule has 2 aromatic carbocycles. The van der Waals surface area contributed by atoms with E-state index in [-0.39, 0.29) is 15.9 Å². The maximum Gasteiger partial charge on any atom is 0.250 e. The van der Waals surface area contributed by atoms with Crippen LogP contribution < -0.4 is 27.8 Å². The van der Waals surface area contributed by atoms with Crippen LogP contribution in [0, 0.1) is 0 Å². The number of ketones is 1. The molecule has 1 aliphatic carbocycles. The Hall–Kier alpha value is -2.92. The molecular weight excluding hydrogens is 565 g/mol. The van der Waals surface area contributed by atoms with E-state index in [1.54, 1.807) is 34.5 Å². The molecule has 0 saturated heterocycles. The van der Waals surface area contributed by atoms with E-state index in [1.807, 2.05) is 18.2 Å². The van der Waals surface area contributed by atoms with Crippen molar-refractivity contribution in [2.45, 2.75) is 90.6 Å². The van der Waals surface area contributed by atoms with Gasteiger partial charge in [-0.25, -0.2) is 0 Å². The lowest BCUT2D eigenvalue weighted by molar-refractivity contribution is -0.114. The summed E-state index contributed by atoms with van der Waals surface area (Å²) in [5.74, 6) is 3.42. The molecule has 0 amide bonds. The van der Waals surface area contributed by atoms with Gasteiger partial charge in [-0.05, 0) is 83.7 Å². The normalized spacial score (nSPS) is 14.4. The van der Waals surface area contributed by atoms with Crippen LogP contribution in [0.1, 0.15) is 64.7 Å². The smallest absolute Gasteiger partial charge is 0.250 e. The Balaban J connectivity index is 2.41. The number of benzene rings is 2. The van der Waals surface area contributed by atoms with Crippen molar-refractivity contribution in [3.63, 3.8) is 0 Å². The number of carbonyl (C=O) groups is 1. The topological polar surface area (TPSA) is 72.5 Å². The first-order valence-electron chi connectivity index (χ1n) is 14.5. The highest BCUT2D eigenvalue weighted by Gasteiger charge is 2.42. The van der Waals surface area contributed by atoms with Crippen molar-refractivity contribution < 1.29 is 32.6 Å². The van der Waals surface area contributed by atoms with Crippen molar-refractivity contribution in [2.75, 3.05) is 28.4 Å². The molecule has 0 fully saturated rings. The largest absolute Gasteiger partial charge is 0.541 e. The standard InChI is InChI=1S/C33H50O7Si2/c1-32(2,3)41(11,12)39-27-17-21(18-28(30(27)37-9)40-42(13,14)33(4,5)6)24-19-22(34)15-16-23-25(24)20-26(35-7)31(38-10)29(23)36-8/h17-20H,15-16H2,1-14H3. The van der Waals surface area contributed by atoms with Crippen LogP contribution in [0.3, 0.4) is 0 Å². The Morgan fingerprint density at radius 1 is 0.619 bits per heavy atom. The van der Waals surface area contributed by atoms with Crippen LogP contribution in [0.25, 0.3) is 5.57 Å². The fourth-order valence-corrected chi connectivity index (χ4v) is 6.46. The second-order valence-electron chi connectivity index (χ2n) is 13.9. The number of hydrogen-bond donors (Lipinski definition) is 0. The molecule has 0 heterocycles. The molecule has 0 aromatic heterocycles.